The van der Waals surface area contributed by atoms with E-state index in [4.69, 9.17) is 0 Å². The molecule has 0 spiro atoms. The number of carbonyl (C=O) groups is 2. The van der Waals surface area contributed by atoms with Crippen molar-refractivity contribution in [2.75, 3.05) is 11.9 Å². The van der Waals surface area contributed by atoms with Crippen molar-refractivity contribution in [3.63, 3.8) is 0 Å². The number of hydrogen-bond acceptors (Lipinski definition) is 3. The van der Waals surface area contributed by atoms with E-state index in [1.165, 1.54) is 0 Å². The van der Waals surface area contributed by atoms with Crippen molar-refractivity contribution < 1.29 is 14.4 Å². The molecule has 0 aromatic rings. The third-order valence-electron chi connectivity index (χ3n) is 1.86. The van der Waals surface area contributed by atoms with Gasteiger partial charge in [-0.05, 0) is 12.8 Å². The summed E-state index contributed by atoms with van der Waals surface area (Å²) >= 11 is 3.28. The molecule has 0 unspecified atom stereocenters. The zero-order valence-corrected chi connectivity index (χ0v) is 9.30. The standard InChI is InChI=1S/C8H13BrN2O3/c9-4-2-1-3-7(12)10-6-5-14-11-8(6)13/h6H,1-5H2,(H,10,12)(H,11,13)/t6-/m1/s1. The Kier molecular flexibility index (Phi) is 4.89. The predicted octanol–water partition coefficient (Wildman–Crippen LogP) is 0.0978. The number of unbranched alkanes of at least 4 members (excludes halogenated alkanes) is 1. The second kappa shape index (κ2) is 5.98. The van der Waals surface area contributed by atoms with E-state index < -0.39 is 6.04 Å². The van der Waals surface area contributed by atoms with Crippen LogP contribution in [0.3, 0.4) is 0 Å². The Balaban J connectivity index is 2.16. The topological polar surface area (TPSA) is 67.4 Å². The summed E-state index contributed by atoms with van der Waals surface area (Å²) in [5.41, 5.74) is 2.18. The van der Waals surface area contributed by atoms with Crippen molar-refractivity contribution in [2.45, 2.75) is 25.3 Å². The summed E-state index contributed by atoms with van der Waals surface area (Å²) in [6.07, 6.45) is 2.24. The van der Waals surface area contributed by atoms with Gasteiger partial charge in [0.1, 0.15) is 12.6 Å². The maximum atomic E-state index is 11.3. The molecule has 1 aliphatic rings. The lowest BCUT2D eigenvalue weighted by Gasteiger charge is -2.07. The number of rotatable bonds is 5. The second-order valence-corrected chi connectivity index (χ2v) is 3.84. The smallest absolute Gasteiger partial charge is 0.268 e. The quantitative estimate of drug-likeness (QED) is 0.547. The molecule has 0 bridgehead atoms. The van der Waals surface area contributed by atoms with E-state index in [0.29, 0.717) is 6.42 Å². The maximum absolute atomic E-state index is 11.3. The number of halogens is 1. The largest absolute Gasteiger partial charge is 0.342 e. The average Bonchev–Trinajstić information content (AvgIpc) is 2.52. The van der Waals surface area contributed by atoms with Gasteiger partial charge in [0.05, 0.1) is 0 Å². The van der Waals surface area contributed by atoms with Gasteiger partial charge in [-0.1, -0.05) is 15.9 Å². The monoisotopic (exact) mass is 264 g/mol. The molecule has 1 rings (SSSR count). The van der Waals surface area contributed by atoms with Crippen molar-refractivity contribution in [3.8, 4) is 0 Å². The lowest BCUT2D eigenvalue weighted by atomic mass is 10.2. The first-order valence-corrected chi connectivity index (χ1v) is 5.63. The molecule has 0 aromatic carbocycles. The van der Waals surface area contributed by atoms with Gasteiger partial charge < -0.3 is 5.32 Å². The first kappa shape index (κ1) is 11.5. The van der Waals surface area contributed by atoms with E-state index >= 15 is 0 Å². The Morgan fingerprint density at radius 3 is 3.00 bits per heavy atom. The number of amides is 2. The molecule has 80 valence electrons. The highest BCUT2D eigenvalue weighted by atomic mass is 79.9. The molecular formula is C8H13BrN2O3. The van der Waals surface area contributed by atoms with Crippen LogP contribution in [-0.2, 0) is 14.4 Å². The number of carbonyl (C=O) groups excluding carboxylic acids is 2. The Bertz CT molecular complexity index is 223. The fourth-order valence-electron chi connectivity index (χ4n) is 1.10. The Morgan fingerprint density at radius 1 is 1.64 bits per heavy atom. The number of hydrogen-bond donors (Lipinski definition) is 2. The molecule has 0 saturated carbocycles. The lowest BCUT2D eigenvalue weighted by molar-refractivity contribution is -0.128. The molecule has 6 heteroatoms. The fourth-order valence-corrected chi connectivity index (χ4v) is 1.49. The van der Waals surface area contributed by atoms with Crippen LogP contribution in [0.4, 0.5) is 0 Å². The van der Waals surface area contributed by atoms with Crippen LogP contribution in [0.15, 0.2) is 0 Å². The molecule has 1 atom stereocenters. The van der Waals surface area contributed by atoms with E-state index in [-0.39, 0.29) is 18.4 Å². The highest BCUT2D eigenvalue weighted by Gasteiger charge is 2.26. The molecule has 5 nitrogen and oxygen atoms in total. The van der Waals surface area contributed by atoms with Crippen molar-refractivity contribution in [3.05, 3.63) is 0 Å². The number of hydroxylamine groups is 1. The van der Waals surface area contributed by atoms with Gasteiger partial charge in [-0.25, -0.2) is 5.48 Å². The van der Waals surface area contributed by atoms with E-state index in [0.717, 1.165) is 18.2 Å². The summed E-state index contributed by atoms with van der Waals surface area (Å²) in [6.45, 7) is 0.211. The van der Waals surface area contributed by atoms with Crippen molar-refractivity contribution >= 4 is 27.7 Å². The van der Waals surface area contributed by atoms with Crippen molar-refractivity contribution in [1.29, 1.82) is 0 Å². The van der Waals surface area contributed by atoms with Crippen LogP contribution in [0, 0.1) is 0 Å². The summed E-state index contributed by atoms with van der Waals surface area (Å²) in [5.74, 6) is -0.379. The van der Waals surface area contributed by atoms with Gasteiger partial charge in [-0.15, -0.1) is 0 Å². The summed E-state index contributed by atoms with van der Waals surface area (Å²) in [7, 11) is 0. The van der Waals surface area contributed by atoms with Crippen LogP contribution < -0.4 is 10.8 Å². The molecular weight excluding hydrogens is 252 g/mol. The Hall–Kier alpha value is -0.620. The lowest BCUT2D eigenvalue weighted by Crippen LogP contribution is -2.41. The SMILES string of the molecule is O=C(CCCCBr)N[C@@H]1CONC1=O. The van der Waals surface area contributed by atoms with Crippen LogP contribution in [0.2, 0.25) is 0 Å². The van der Waals surface area contributed by atoms with Gasteiger partial charge in [0, 0.05) is 11.8 Å². The summed E-state index contributed by atoms with van der Waals surface area (Å²) < 4.78 is 0. The number of nitrogens with one attached hydrogen (secondary N) is 2. The second-order valence-electron chi connectivity index (χ2n) is 3.04. The first-order chi connectivity index (χ1) is 6.74. The molecule has 0 aromatic heterocycles. The normalized spacial score (nSPS) is 20.6. The van der Waals surface area contributed by atoms with Crippen molar-refractivity contribution in [2.24, 2.45) is 0 Å². The summed E-state index contributed by atoms with van der Waals surface area (Å²) in [4.78, 5) is 26.9. The minimum absolute atomic E-state index is 0.100. The molecule has 2 N–H and O–H groups in total. The zero-order chi connectivity index (χ0) is 10.4. The van der Waals surface area contributed by atoms with Gasteiger partial charge in [-0.2, -0.15) is 0 Å². The summed E-state index contributed by atoms with van der Waals surface area (Å²) in [5, 5.41) is 3.49. The van der Waals surface area contributed by atoms with Gasteiger partial charge in [-0.3, -0.25) is 14.4 Å². The van der Waals surface area contributed by atoms with Crippen LogP contribution >= 0.6 is 15.9 Å². The number of alkyl halides is 1. The van der Waals surface area contributed by atoms with E-state index in [2.05, 4.69) is 31.6 Å². The first-order valence-electron chi connectivity index (χ1n) is 4.51. The molecule has 14 heavy (non-hydrogen) atoms. The Morgan fingerprint density at radius 2 is 2.43 bits per heavy atom. The molecule has 0 radical (unpaired) electrons. The minimum Gasteiger partial charge on any atom is -0.342 e. The molecule has 1 saturated heterocycles. The van der Waals surface area contributed by atoms with E-state index in [9.17, 15) is 9.59 Å². The molecule has 2 amide bonds. The Labute approximate surface area is 90.6 Å². The van der Waals surface area contributed by atoms with Gasteiger partial charge >= 0.3 is 0 Å². The third-order valence-corrected chi connectivity index (χ3v) is 2.42. The van der Waals surface area contributed by atoms with Crippen LogP contribution in [0.25, 0.3) is 0 Å². The van der Waals surface area contributed by atoms with Gasteiger partial charge in [0.2, 0.25) is 5.91 Å². The van der Waals surface area contributed by atoms with Crippen LogP contribution in [-0.4, -0.2) is 29.8 Å². The molecule has 1 aliphatic heterocycles. The van der Waals surface area contributed by atoms with Crippen molar-refractivity contribution in [1.82, 2.24) is 10.8 Å². The molecule has 1 heterocycles. The maximum Gasteiger partial charge on any atom is 0.268 e. The van der Waals surface area contributed by atoms with Crippen LogP contribution in [0.1, 0.15) is 19.3 Å². The fraction of sp³-hybridized carbons (Fsp3) is 0.750. The molecule has 1 fully saturated rings. The van der Waals surface area contributed by atoms with E-state index in [1.54, 1.807) is 0 Å². The molecule has 0 aliphatic carbocycles. The van der Waals surface area contributed by atoms with Crippen LogP contribution in [0.5, 0.6) is 0 Å². The van der Waals surface area contributed by atoms with E-state index in [1.807, 2.05) is 0 Å². The predicted molar refractivity (Wildman–Crippen MR) is 53.7 cm³/mol. The third kappa shape index (κ3) is 3.63. The highest BCUT2D eigenvalue weighted by molar-refractivity contribution is 9.09. The average molecular weight is 265 g/mol. The van der Waals surface area contributed by atoms with Gasteiger partial charge in [0.15, 0.2) is 0 Å². The summed E-state index contributed by atoms with van der Waals surface area (Å²) in [6, 6.07) is -0.522. The highest BCUT2D eigenvalue weighted by Crippen LogP contribution is 2.00. The zero-order valence-electron chi connectivity index (χ0n) is 7.72. The minimum atomic E-state index is -0.522. The van der Waals surface area contributed by atoms with Gasteiger partial charge in [0.25, 0.3) is 5.91 Å².